The molecular weight excluding hydrogens is 224 g/mol. The van der Waals surface area contributed by atoms with Crippen LogP contribution in [0.25, 0.3) is 0 Å². The summed E-state index contributed by atoms with van der Waals surface area (Å²) in [5.41, 5.74) is 3.21. The van der Waals surface area contributed by atoms with Crippen molar-refractivity contribution in [2.75, 3.05) is 0 Å². The minimum Gasteiger partial charge on any atom is -0.548 e. The molecule has 0 aromatic carbocycles. The highest BCUT2D eigenvalue weighted by Gasteiger charge is 2.24. The molecule has 0 heterocycles. The Morgan fingerprint density at radius 2 is 1.94 bits per heavy atom. The number of hydrogen-bond acceptors (Lipinski definition) is 1. The zero-order valence-corrected chi connectivity index (χ0v) is 13.4. The van der Waals surface area contributed by atoms with Crippen molar-refractivity contribution in [1.29, 1.82) is 0 Å². The van der Waals surface area contributed by atoms with Crippen molar-refractivity contribution >= 4 is 8.32 Å². The molecule has 0 amide bonds. The van der Waals surface area contributed by atoms with Gasteiger partial charge in [0.2, 0.25) is 8.32 Å². The molecule has 0 fully saturated rings. The zero-order valence-electron chi connectivity index (χ0n) is 12.4. The molecule has 0 radical (unpaired) electrons. The normalized spacial score (nSPS) is 22.2. The van der Waals surface area contributed by atoms with Gasteiger partial charge in [-0.2, -0.15) is 0 Å². The minimum absolute atomic E-state index is 0.645. The summed E-state index contributed by atoms with van der Waals surface area (Å²) in [6.07, 6.45) is 7.13. The number of allylic oxidation sites excluding steroid dienone is 4. The average molecular weight is 252 g/mol. The first kappa shape index (κ1) is 14.6. The first-order valence-electron chi connectivity index (χ1n) is 6.95. The maximum Gasteiger partial charge on any atom is 0.241 e. The fraction of sp³-hybridized carbons (Fsp3) is 0.733. The van der Waals surface area contributed by atoms with Gasteiger partial charge in [-0.15, -0.1) is 0 Å². The Labute approximate surface area is 108 Å². The molecule has 1 rings (SSSR count). The number of rotatable bonds is 5. The Bertz CT molecular complexity index is 320. The van der Waals surface area contributed by atoms with Gasteiger partial charge < -0.3 is 4.43 Å². The first-order chi connectivity index (χ1) is 7.87. The molecular formula is C15H28OSi. The van der Waals surface area contributed by atoms with Crippen LogP contribution < -0.4 is 0 Å². The second-order valence-corrected chi connectivity index (χ2v) is 10.4. The van der Waals surface area contributed by atoms with Gasteiger partial charge in [0.25, 0.3) is 0 Å². The van der Waals surface area contributed by atoms with Gasteiger partial charge in [-0.3, -0.25) is 0 Å². The van der Waals surface area contributed by atoms with Crippen LogP contribution in [-0.4, -0.2) is 8.32 Å². The topological polar surface area (TPSA) is 9.23 Å². The van der Waals surface area contributed by atoms with Crippen LogP contribution >= 0.6 is 0 Å². The first-order valence-corrected chi connectivity index (χ1v) is 10.4. The maximum atomic E-state index is 6.11. The molecule has 2 heteroatoms. The molecule has 0 aromatic rings. The Hall–Kier alpha value is -0.503. The van der Waals surface area contributed by atoms with Crippen LogP contribution in [0.5, 0.6) is 0 Å². The van der Waals surface area contributed by atoms with Crippen LogP contribution in [0.15, 0.2) is 23.0 Å². The Morgan fingerprint density at radius 3 is 2.41 bits per heavy atom. The molecule has 0 N–H and O–H groups in total. The standard InChI is InChI=1S/C15H28OSi/c1-7-12(3)15(8-2)13-9-10-14(11-13)16-17(4,5)6/h11,13H,7-10H2,1-6H3/b15-12+. The van der Waals surface area contributed by atoms with Crippen molar-refractivity contribution in [3.8, 4) is 0 Å². The minimum atomic E-state index is -1.42. The highest BCUT2D eigenvalue weighted by Crippen LogP contribution is 2.35. The van der Waals surface area contributed by atoms with Crippen LogP contribution in [0.4, 0.5) is 0 Å². The van der Waals surface area contributed by atoms with E-state index < -0.39 is 8.32 Å². The molecule has 0 saturated heterocycles. The van der Waals surface area contributed by atoms with E-state index in [1.807, 2.05) is 0 Å². The molecule has 0 aliphatic heterocycles. The highest BCUT2D eigenvalue weighted by atomic mass is 28.4. The fourth-order valence-electron chi connectivity index (χ4n) is 2.55. The molecule has 1 unspecified atom stereocenters. The molecule has 17 heavy (non-hydrogen) atoms. The molecule has 1 aliphatic rings. The van der Waals surface area contributed by atoms with Crippen molar-refractivity contribution in [1.82, 2.24) is 0 Å². The monoisotopic (exact) mass is 252 g/mol. The molecule has 1 nitrogen and oxygen atoms in total. The van der Waals surface area contributed by atoms with Gasteiger partial charge in [0.15, 0.2) is 0 Å². The van der Waals surface area contributed by atoms with E-state index in [1.165, 1.54) is 25.0 Å². The second kappa shape index (κ2) is 5.90. The third-order valence-electron chi connectivity index (χ3n) is 3.43. The lowest BCUT2D eigenvalue weighted by Crippen LogP contribution is -2.24. The maximum absolute atomic E-state index is 6.11. The lowest BCUT2D eigenvalue weighted by Gasteiger charge is -2.19. The van der Waals surface area contributed by atoms with E-state index >= 15 is 0 Å². The summed E-state index contributed by atoms with van der Waals surface area (Å²) in [6, 6.07) is 0. The van der Waals surface area contributed by atoms with Gasteiger partial charge in [-0.05, 0) is 51.9 Å². The summed E-state index contributed by atoms with van der Waals surface area (Å²) in [5.74, 6) is 1.90. The largest absolute Gasteiger partial charge is 0.548 e. The van der Waals surface area contributed by atoms with Crippen LogP contribution in [0.1, 0.15) is 46.5 Å². The van der Waals surface area contributed by atoms with Crippen molar-refractivity contribution in [2.24, 2.45) is 5.92 Å². The summed E-state index contributed by atoms with van der Waals surface area (Å²) in [7, 11) is -1.42. The Balaban J connectivity index is 2.77. The van der Waals surface area contributed by atoms with Crippen molar-refractivity contribution in [3.63, 3.8) is 0 Å². The van der Waals surface area contributed by atoms with Crippen LogP contribution in [0.2, 0.25) is 19.6 Å². The predicted octanol–water partition coefficient (Wildman–Crippen LogP) is 5.27. The van der Waals surface area contributed by atoms with Crippen LogP contribution in [0.3, 0.4) is 0 Å². The van der Waals surface area contributed by atoms with E-state index in [-0.39, 0.29) is 0 Å². The van der Waals surface area contributed by atoms with E-state index in [2.05, 4.69) is 46.5 Å². The molecule has 98 valence electrons. The van der Waals surface area contributed by atoms with Crippen LogP contribution in [-0.2, 0) is 4.43 Å². The Morgan fingerprint density at radius 1 is 1.29 bits per heavy atom. The van der Waals surface area contributed by atoms with Gasteiger partial charge >= 0.3 is 0 Å². The molecule has 0 saturated carbocycles. The van der Waals surface area contributed by atoms with Crippen molar-refractivity contribution in [3.05, 3.63) is 23.0 Å². The lowest BCUT2D eigenvalue weighted by atomic mass is 9.91. The predicted molar refractivity (Wildman–Crippen MR) is 78.5 cm³/mol. The van der Waals surface area contributed by atoms with Gasteiger partial charge in [0.05, 0.1) is 5.76 Å². The summed E-state index contributed by atoms with van der Waals surface area (Å²) >= 11 is 0. The van der Waals surface area contributed by atoms with Gasteiger partial charge in [0.1, 0.15) is 0 Å². The highest BCUT2D eigenvalue weighted by molar-refractivity contribution is 6.70. The average Bonchev–Trinajstić information content (AvgIpc) is 2.64. The summed E-state index contributed by atoms with van der Waals surface area (Å²) < 4.78 is 6.11. The lowest BCUT2D eigenvalue weighted by molar-refractivity contribution is 0.407. The fourth-order valence-corrected chi connectivity index (χ4v) is 3.51. The van der Waals surface area contributed by atoms with Crippen LogP contribution in [0, 0.1) is 5.92 Å². The van der Waals surface area contributed by atoms with E-state index in [9.17, 15) is 0 Å². The molecule has 1 atom stereocenters. The SMILES string of the molecule is CC/C(C)=C(\CC)C1C=C(O[Si](C)(C)C)CC1. The third-order valence-corrected chi connectivity index (χ3v) is 4.31. The molecule has 0 spiro atoms. The molecule has 0 aromatic heterocycles. The van der Waals surface area contributed by atoms with E-state index in [0.29, 0.717) is 5.92 Å². The van der Waals surface area contributed by atoms with Crippen molar-refractivity contribution < 1.29 is 4.43 Å². The zero-order chi connectivity index (χ0) is 13.1. The number of hydrogen-bond donors (Lipinski definition) is 0. The van der Waals surface area contributed by atoms with E-state index in [4.69, 9.17) is 4.43 Å². The second-order valence-electron chi connectivity index (χ2n) is 6.01. The van der Waals surface area contributed by atoms with Gasteiger partial charge in [-0.1, -0.05) is 25.0 Å². The molecule has 0 bridgehead atoms. The van der Waals surface area contributed by atoms with E-state index in [1.54, 1.807) is 11.1 Å². The Kier molecular flexibility index (Phi) is 5.05. The smallest absolute Gasteiger partial charge is 0.241 e. The van der Waals surface area contributed by atoms with Gasteiger partial charge in [-0.25, -0.2) is 0 Å². The quantitative estimate of drug-likeness (QED) is 0.478. The van der Waals surface area contributed by atoms with E-state index in [0.717, 1.165) is 6.42 Å². The van der Waals surface area contributed by atoms with Gasteiger partial charge in [0, 0.05) is 12.3 Å². The third kappa shape index (κ3) is 4.34. The molecule has 1 aliphatic carbocycles. The van der Waals surface area contributed by atoms with Crippen molar-refractivity contribution in [2.45, 2.75) is 66.1 Å². The summed E-state index contributed by atoms with van der Waals surface area (Å²) in [4.78, 5) is 0. The summed E-state index contributed by atoms with van der Waals surface area (Å²) in [6.45, 7) is 13.6. The summed E-state index contributed by atoms with van der Waals surface area (Å²) in [5, 5.41) is 0.